The van der Waals surface area contributed by atoms with E-state index in [1.807, 2.05) is 0 Å². The number of nitrogens with zero attached hydrogens (tertiary/aromatic N) is 5. The van der Waals surface area contributed by atoms with Crippen molar-refractivity contribution in [1.29, 1.82) is 0 Å². The molecule has 0 aliphatic carbocycles. The molecule has 0 bridgehead atoms. The van der Waals surface area contributed by atoms with E-state index in [1.54, 1.807) is 31.7 Å². The molecule has 1 aromatic carbocycles. The second kappa shape index (κ2) is 12.2. The van der Waals surface area contributed by atoms with Crippen LogP contribution in [0.5, 0.6) is 0 Å². The number of rotatable bonds is 6. The van der Waals surface area contributed by atoms with Gasteiger partial charge in [0.25, 0.3) is 0 Å². The number of alkyl halides is 3. The van der Waals surface area contributed by atoms with Crippen LogP contribution in [0, 0.1) is 0 Å². The molecule has 0 unspecified atom stereocenters. The van der Waals surface area contributed by atoms with Gasteiger partial charge in [0, 0.05) is 56.4 Å². The number of halogens is 3. The Morgan fingerprint density at radius 2 is 1.82 bits per heavy atom. The third-order valence-corrected chi connectivity index (χ3v) is 5.88. The van der Waals surface area contributed by atoms with Crippen molar-refractivity contribution in [2.24, 2.45) is 4.99 Å². The Morgan fingerprint density at radius 3 is 2.42 bits per heavy atom. The fourth-order valence-corrected chi connectivity index (χ4v) is 4.11. The van der Waals surface area contributed by atoms with Crippen molar-refractivity contribution < 1.29 is 27.5 Å². The number of amides is 1. The van der Waals surface area contributed by atoms with Gasteiger partial charge in [-0.05, 0) is 56.9 Å². The average Bonchev–Trinajstić information content (AvgIpc) is 3.28. The molecule has 1 amide bonds. The van der Waals surface area contributed by atoms with E-state index >= 15 is 0 Å². The molecule has 0 saturated carbocycles. The molecule has 12 heteroatoms. The standard InChI is InChI=1S/C26H32F3N5O3S/c1-18(30-8-14-38)21-15-19(5-6-22(21)26(27,28)29)17-32-10-12-33(13-11-32)24(36)34-9-7-20(31-34)16-23(35)37-25(2,3)4/h5-9,14-15,38H,10-13,16-17H2,1-4H3/b14-8-,30-18?. The lowest BCUT2D eigenvalue weighted by molar-refractivity contribution is -0.154. The van der Waals surface area contributed by atoms with Crippen molar-refractivity contribution in [1.82, 2.24) is 19.6 Å². The van der Waals surface area contributed by atoms with Crippen LogP contribution in [0.1, 0.15) is 50.1 Å². The molecule has 38 heavy (non-hydrogen) atoms. The Balaban J connectivity index is 1.61. The largest absolute Gasteiger partial charge is 0.460 e. The number of thiol groups is 1. The first kappa shape index (κ1) is 29.4. The van der Waals surface area contributed by atoms with Crippen LogP contribution in [0.3, 0.4) is 0 Å². The molecule has 1 saturated heterocycles. The molecular formula is C26H32F3N5O3S. The first-order valence-electron chi connectivity index (χ1n) is 12.1. The Hall–Kier alpha value is -3.12. The number of carbonyl (C=O) groups is 2. The van der Waals surface area contributed by atoms with Crippen molar-refractivity contribution in [3.05, 3.63) is 64.5 Å². The van der Waals surface area contributed by atoms with Gasteiger partial charge in [0.2, 0.25) is 0 Å². The summed E-state index contributed by atoms with van der Waals surface area (Å²) >= 11 is 3.90. The highest BCUT2D eigenvalue weighted by Gasteiger charge is 2.34. The van der Waals surface area contributed by atoms with Gasteiger partial charge in [-0.25, -0.2) is 4.79 Å². The third-order valence-electron chi connectivity index (χ3n) is 5.75. The van der Waals surface area contributed by atoms with E-state index in [4.69, 9.17) is 4.74 Å². The van der Waals surface area contributed by atoms with Gasteiger partial charge in [-0.2, -0.15) is 23.0 Å². The van der Waals surface area contributed by atoms with Crippen molar-refractivity contribution in [3.63, 3.8) is 0 Å². The Bertz CT molecular complexity index is 1210. The van der Waals surface area contributed by atoms with Crippen molar-refractivity contribution in [2.75, 3.05) is 26.2 Å². The van der Waals surface area contributed by atoms with E-state index < -0.39 is 23.3 Å². The zero-order valence-corrected chi connectivity index (χ0v) is 22.7. The van der Waals surface area contributed by atoms with Crippen LogP contribution < -0.4 is 0 Å². The maximum atomic E-state index is 13.5. The number of carbonyl (C=O) groups excluding carboxylic acids is 2. The predicted molar refractivity (Wildman–Crippen MR) is 141 cm³/mol. The summed E-state index contributed by atoms with van der Waals surface area (Å²) in [6.45, 7) is 9.25. The van der Waals surface area contributed by atoms with Crippen molar-refractivity contribution in [2.45, 2.75) is 52.4 Å². The molecule has 0 radical (unpaired) electrons. The number of esters is 1. The summed E-state index contributed by atoms with van der Waals surface area (Å²) in [5, 5.41) is 5.57. The molecule has 0 spiro atoms. The van der Waals surface area contributed by atoms with Crippen LogP contribution in [0.25, 0.3) is 0 Å². The van der Waals surface area contributed by atoms with E-state index in [9.17, 15) is 22.8 Å². The molecule has 2 heterocycles. The molecular weight excluding hydrogens is 519 g/mol. The Morgan fingerprint density at radius 1 is 1.13 bits per heavy atom. The van der Waals surface area contributed by atoms with Crippen LogP contribution in [0.2, 0.25) is 0 Å². The maximum Gasteiger partial charge on any atom is 0.417 e. The number of hydrogen-bond acceptors (Lipinski definition) is 7. The summed E-state index contributed by atoms with van der Waals surface area (Å²) < 4.78 is 47.1. The number of aliphatic imine (C=N–C) groups is 1. The van der Waals surface area contributed by atoms with Crippen LogP contribution in [-0.4, -0.2) is 69.1 Å². The van der Waals surface area contributed by atoms with Crippen molar-refractivity contribution >= 4 is 30.3 Å². The van der Waals surface area contributed by atoms with Gasteiger partial charge < -0.3 is 9.64 Å². The normalized spacial score (nSPS) is 15.8. The number of benzene rings is 1. The minimum atomic E-state index is -4.50. The van der Waals surface area contributed by atoms with E-state index in [1.165, 1.54) is 41.5 Å². The third kappa shape index (κ3) is 8.19. The second-order valence-electron chi connectivity index (χ2n) is 9.95. The zero-order valence-electron chi connectivity index (χ0n) is 21.8. The second-order valence-corrected chi connectivity index (χ2v) is 10.2. The van der Waals surface area contributed by atoms with E-state index in [0.29, 0.717) is 38.4 Å². The molecule has 3 rings (SSSR count). The fourth-order valence-electron chi connectivity index (χ4n) is 4.04. The molecule has 206 valence electrons. The van der Waals surface area contributed by atoms with Gasteiger partial charge in [0.1, 0.15) is 5.60 Å². The zero-order chi connectivity index (χ0) is 28.1. The van der Waals surface area contributed by atoms with Gasteiger partial charge in [-0.15, -0.1) is 12.6 Å². The van der Waals surface area contributed by atoms with E-state index in [-0.39, 0.29) is 23.7 Å². The predicted octanol–water partition coefficient (Wildman–Crippen LogP) is 4.78. The monoisotopic (exact) mass is 551 g/mol. The van der Waals surface area contributed by atoms with Crippen molar-refractivity contribution in [3.8, 4) is 0 Å². The fraction of sp³-hybridized carbons (Fsp3) is 0.462. The number of piperazine rings is 1. The molecule has 0 N–H and O–H groups in total. The number of ether oxygens (including phenoxy) is 1. The Labute approximate surface area is 225 Å². The molecule has 1 aliphatic heterocycles. The number of aromatic nitrogens is 2. The van der Waals surface area contributed by atoms with Crippen LogP contribution >= 0.6 is 12.6 Å². The number of hydrogen-bond donors (Lipinski definition) is 1. The van der Waals surface area contributed by atoms with Crippen LogP contribution in [0.15, 0.2) is 47.1 Å². The summed E-state index contributed by atoms with van der Waals surface area (Å²) in [6.07, 6.45) is -1.68. The highest BCUT2D eigenvalue weighted by atomic mass is 32.1. The van der Waals surface area contributed by atoms with Gasteiger partial charge >= 0.3 is 18.2 Å². The smallest absolute Gasteiger partial charge is 0.417 e. The SMILES string of the molecule is CC(=N/C=C\S)c1cc(CN2CCN(C(=O)n3ccc(CC(=O)OC(C)(C)C)n3)CC2)ccc1C(F)(F)F. The summed E-state index contributed by atoms with van der Waals surface area (Å²) in [7, 11) is 0. The molecule has 1 aromatic heterocycles. The highest BCUT2D eigenvalue weighted by molar-refractivity contribution is 7.83. The minimum absolute atomic E-state index is 0.0242. The van der Waals surface area contributed by atoms with E-state index in [0.717, 1.165) is 11.6 Å². The summed E-state index contributed by atoms with van der Waals surface area (Å²) in [5.74, 6) is -0.421. The first-order chi connectivity index (χ1) is 17.8. The lowest BCUT2D eigenvalue weighted by Gasteiger charge is -2.34. The van der Waals surface area contributed by atoms with Crippen LogP contribution in [0.4, 0.5) is 18.0 Å². The minimum Gasteiger partial charge on any atom is -0.460 e. The quantitative estimate of drug-likeness (QED) is 0.318. The lowest BCUT2D eigenvalue weighted by Crippen LogP contribution is -2.49. The maximum absolute atomic E-state index is 13.5. The summed E-state index contributed by atoms with van der Waals surface area (Å²) in [6, 6.07) is 5.38. The summed E-state index contributed by atoms with van der Waals surface area (Å²) in [4.78, 5) is 32.7. The topological polar surface area (TPSA) is 80.0 Å². The lowest BCUT2D eigenvalue weighted by atomic mass is 9.99. The van der Waals surface area contributed by atoms with Gasteiger partial charge in [0.15, 0.2) is 0 Å². The highest BCUT2D eigenvalue weighted by Crippen LogP contribution is 2.33. The van der Waals surface area contributed by atoms with Gasteiger partial charge in [0.05, 0.1) is 17.7 Å². The molecule has 1 fully saturated rings. The van der Waals surface area contributed by atoms with Gasteiger partial charge in [-0.1, -0.05) is 6.07 Å². The first-order valence-corrected chi connectivity index (χ1v) is 12.6. The van der Waals surface area contributed by atoms with Crippen LogP contribution in [-0.2, 0) is 28.7 Å². The molecule has 8 nitrogen and oxygen atoms in total. The van der Waals surface area contributed by atoms with E-state index in [2.05, 4.69) is 27.6 Å². The molecule has 2 aromatic rings. The molecule has 1 aliphatic rings. The van der Waals surface area contributed by atoms with Gasteiger partial charge in [-0.3, -0.25) is 14.7 Å². The Kier molecular flexibility index (Phi) is 9.42. The molecule has 0 atom stereocenters. The average molecular weight is 552 g/mol. The summed E-state index contributed by atoms with van der Waals surface area (Å²) in [5.41, 5.74) is 0.0775.